The molecule has 2 rings (SSSR count). The van der Waals surface area contributed by atoms with Crippen molar-refractivity contribution in [1.82, 2.24) is 4.98 Å². The number of anilines is 2. The third kappa shape index (κ3) is 2.45. The zero-order valence-corrected chi connectivity index (χ0v) is 9.77. The highest BCUT2D eigenvalue weighted by atomic mass is 19.1. The second-order valence-electron chi connectivity index (χ2n) is 3.85. The number of rotatable bonds is 2. The number of pyridine rings is 1. The normalized spacial score (nSPS) is 10.1. The van der Waals surface area contributed by atoms with Gasteiger partial charge in [0.15, 0.2) is 0 Å². The molecule has 0 unspecified atom stereocenters. The molecular formula is C13H12FN3O. The van der Waals surface area contributed by atoms with Crippen molar-refractivity contribution >= 4 is 17.3 Å². The smallest absolute Gasteiger partial charge is 0.274 e. The summed E-state index contributed by atoms with van der Waals surface area (Å²) in [6, 6.07) is 7.84. The molecule has 0 aliphatic heterocycles. The van der Waals surface area contributed by atoms with Gasteiger partial charge in [0.1, 0.15) is 11.5 Å². The lowest BCUT2D eigenvalue weighted by molar-refractivity contribution is 0.102. The van der Waals surface area contributed by atoms with Crippen LogP contribution in [-0.4, -0.2) is 10.9 Å². The van der Waals surface area contributed by atoms with Crippen LogP contribution in [0.3, 0.4) is 0 Å². The van der Waals surface area contributed by atoms with Crippen LogP contribution in [0.5, 0.6) is 0 Å². The molecule has 4 nitrogen and oxygen atoms in total. The van der Waals surface area contributed by atoms with Crippen LogP contribution in [0.1, 0.15) is 16.1 Å². The van der Waals surface area contributed by atoms with E-state index in [1.54, 1.807) is 12.1 Å². The number of nitrogens with one attached hydrogen (secondary N) is 1. The lowest BCUT2D eigenvalue weighted by atomic mass is 10.1. The first-order valence-electron chi connectivity index (χ1n) is 5.36. The SMILES string of the molecule is Cc1cccc(N)c1NC(=O)c1ccc(F)cn1. The summed E-state index contributed by atoms with van der Waals surface area (Å²) in [6.45, 7) is 1.84. The second-order valence-corrected chi connectivity index (χ2v) is 3.85. The average Bonchev–Trinajstić information content (AvgIpc) is 2.34. The first kappa shape index (κ1) is 12.0. The highest BCUT2D eigenvalue weighted by molar-refractivity contribution is 6.04. The molecule has 0 atom stereocenters. The number of carbonyl (C=O) groups is 1. The molecule has 0 saturated carbocycles. The van der Waals surface area contributed by atoms with E-state index in [1.165, 1.54) is 12.1 Å². The third-order valence-electron chi connectivity index (χ3n) is 2.50. The molecule has 0 aliphatic carbocycles. The third-order valence-corrected chi connectivity index (χ3v) is 2.50. The Bertz CT molecular complexity index is 561. The van der Waals surface area contributed by atoms with Crippen molar-refractivity contribution in [2.75, 3.05) is 11.1 Å². The molecule has 1 aromatic heterocycles. The lowest BCUT2D eigenvalue weighted by Gasteiger charge is -2.10. The zero-order valence-electron chi connectivity index (χ0n) is 9.77. The first-order valence-corrected chi connectivity index (χ1v) is 5.36. The van der Waals surface area contributed by atoms with Crippen LogP contribution >= 0.6 is 0 Å². The summed E-state index contributed by atoms with van der Waals surface area (Å²) in [7, 11) is 0. The molecule has 0 bridgehead atoms. The minimum Gasteiger partial charge on any atom is -0.397 e. The van der Waals surface area contributed by atoms with Crippen molar-refractivity contribution in [3.05, 3.63) is 53.6 Å². The second kappa shape index (κ2) is 4.83. The van der Waals surface area contributed by atoms with Gasteiger partial charge in [0.2, 0.25) is 0 Å². The molecule has 1 aromatic carbocycles. The van der Waals surface area contributed by atoms with Gasteiger partial charge in [-0.25, -0.2) is 9.37 Å². The first-order chi connectivity index (χ1) is 8.58. The van der Waals surface area contributed by atoms with Crippen LogP contribution < -0.4 is 11.1 Å². The number of aromatic nitrogens is 1. The number of benzene rings is 1. The van der Waals surface area contributed by atoms with Gasteiger partial charge >= 0.3 is 0 Å². The van der Waals surface area contributed by atoms with Gasteiger partial charge in [-0.1, -0.05) is 12.1 Å². The summed E-state index contributed by atoms with van der Waals surface area (Å²) in [5.74, 6) is -0.905. The lowest BCUT2D eigenvalue weighted by Crippen LogP contribution is -2.15. The summed E-state index contributed by atoms with van der Waals surface area (Å²) in [4.78, 5) is 15.6. The Labute approximate surface area is 104 Å². The van der Waals surface area contributed by atoms with Crippen molar-refractivity contribution in [3.8, 4) is 0 Å². The number of nitrogen functional groups attached to an aromatic ring is 1. The molecule has 0 aliphatic rings. The van der Waals surface area contributed by atoms with Gasteiger partial charge in [-0.3, -0.25) is 4.79 Å². The minimum atomic E-state index is -0.484. The standard InChI is InChI=1S/C13H12FN3O/c1-8-3-2-4-10(15)12(8)17-13(18)11-6-5-9(14)7-16-11/h2-7H,15H2,1H3,(H,17,18). The highest BCUT2D eigenvalue weighted by Crippen LogP contribution is 2.22. The number of hydrogen-bond acceptors (Lipinski definition) is 3. The van der Waals surface area contributed by atoms with E-state index < -0.39 is 11.7 Å². The van der Waals surface area contributed by atoms with E-state index in [-0.39, 0.29) is 5.69 Å². The number of amides is 1. The van der Waals surface area contributed by atoms with Crippen LogP contribution in [0.2, 0.25) is 0 Å². The Morgan fingerprint density at radius 1 is 1.33 bits per heavy atom. The Morgan fingerprint density at radius 2 is 2.11 bits per heavy atom. The van der Waals surface area contributed by atoms with Gasteiger partial charge in [0, 0.05) is 0 Å². The maximum absolute atomic E-state index is 12.7. The number of nitrogens with zero attached hydrogens (tertiary/aromatic N) is 1. The van der Waals surface area contributed by atoms with Crippen LogP contribution in [0.25, 0.3) is 0 Å². The van der Waals surface area contributed by atoms with Crippen LogP contribution in [0, 0.1) is 12.7 Å². The summed E-state index contributed by atoms with van der Waals surface area (Å²) in [5.41, 5.74) is 7.79. The van der Waals surface area contributed by atoms with Gasteiger partial charge in [0.25, 0.3) is 5.91 Å². The predicted molar refractivity (Wildman–Crippen MR) is 67.7 cm³/mol. The fourth-order valence-corrected chi connectivity index (χ4v) is 1.55. The maximum Gasteiger partial charge on any atom is 0.274 e. The fraction of sp³-hybridized carbons (Fsp3) is 0.0769. The molecule has 5 heteroatoms. The minimum absolute atomic E-state index is 0.138. The number of para-hydroxylation sites is 1. The van der Waals surface area contributed by atoms with E-state index in [1.807, 2.05) is 13.0 Å². The van der Waals surface area contributed by atoms with Crippen molar-refractivity contribution in [1.29, 1.82) is 0 Å². The Hall–Kier alpha value is -2.43. The number of hydrogen-bond donors (Lipinski definition) is 2. The highest BCUT2D eigenvalue weighted by Gasteiger charge is 2.11. The van der Waals surface area contributed by atoms with Crippen molar-refractivity contribution in [2.45, 2.75) is 6.92 Å². The maximum atomic E-state index is 12.7. The summed E-state index contributed by atoms with van der Waals surface area (Å²) in [6.07, 6.45) is 0.996. The van der Waals surface area contributed by atoms with Crippen molar-refractivity contribution in [2.24, 2.45) is 0 Å². The summed E-state index contributed by atoms with van der Waals surface area (Å²) in [5, 5.41) is 2.67. The number of aryl methyl sites for hydroxylation is 1. The van der Waals surface area contributed by atoms with Crippen LogP contribution in [0.4, 0.5) is 15.8 Å². The van der Waals surface area contributed by atoms with Gasteiger partial charge in [-0.05, 0) is 30.7 Å². The molecule has 2 aromatic rings. The monoisotopic (exact) mass is 245 g/mol. The number of halogens is 1. The topological polar surface area (TPSA) is 68.0 Å². The summed E-state index contributed by atoms with van der Waals surface area (Å²) >= 11 is 0. The van der Waals surface area contributed by atoms with Gasteiger partial charge in [0.05, 0.1) is 17.6 Å². The number of nitrogens with two attached hydrogens (primary N) is 1. The van der Waals surface area contributed by atoms with Crippen molar-refractivity contribution in [3.63, 3.8) is 0 Å². The molecular weight excluding hydrogens is 233 g/mol. The molecule has 0 saturated heterocycles. The predicted octanol–water partition coefficient (Wildman–Crippen LogP) is 2.36. The van der Waals surface area contributed by atoms with Gasteiger partial charge in [-0.15, -0.1) is 0 Å². The average molecular weight is 245 g/mol. The molecule has 0 radical (unpaired) electrons. The molecule has 1 amide bonds. The molecule has 3 N–H and O–H groups in total. The van der Waals surface area contributed by atoms with Gasteiger partial charge in [-0.2, -0.15) is 0 Å². The van der Waals surface area contributed by atoms with E-state index in [9.17, 15) is 9.18 Å². The van der Waals surface area contributed by atoms with Crippen molar-refractivity contribution < 1.29 is 9.18 Å². The van der Waals surface area contributed by atoms with E-state index in [2.05, 4.69) is 10.3 Å². The fourth-order valence-electron chi connectivity index (χ4n) is 1.55. The van der Waals surface area contributed by atoms with E-state index in [0.29, 0.717) is 11.4 Å². The van der Waals surface area contributed by atoms with E-state index in [4.69, 9.17) is 5.73 Å². The Balaban J connectivity index is 2.24. The van der Waals surface area contributed by atoms with E-state index >= 15 is 0 Å². The molecule has 0 spiro atoms. The van der Waals surface area contributed by atoms with Crippen LogP contribution in [-0.2, 0) is 0 Å². The summed E-state index contributed by atoms with van der Waals surface area (Å²) < 4.78 is 12.7. The zero-order chi connectivity index (χ0) is 13.1. The molecule has 1 heterocycles. The number of carbonyl (C=O) groups excluding carboxylic acids is 1. The quantitative estimate of drug-likeness (QED) is 0.798. The molecule has 92 valence electrons. The Morgan fingerprint density at radius 3 is 2.72 bits per heavy atom. The van der Waals surface area contributed by atoms with E-state index in [0.717, 1.165) is 11.8 Å². The Kier molecular flexibility index (Phi) is 3.23. The molecule has 18 heavy (non-hydrogen) atoms. The van der Waals surface area contributed by atoms with Gasteiger partial charge < -0.3 is 11.1 Å². The molecule has 0 fully saturated rings. The van der Waals surface area contributed by atoms with Crippen LogP contribution in [0.15, 0.2) is 36.5 Å². The largest absolute Gasteiger partial charge is 0.397 e.